The summed E-state index contributed by atoms with van der Waals surface area (Å²) in [5.74, 6) is 0.0580. The zero-order valence-electron chi connectivity index (χ0n) is 20.9. The summed E-state index contributed by atoms with van der Waals surface area (Å²) in [6, 6.07) is 6.16. The normalized spacial score (nSPS) is 29.2. The largest absolute Gasteiger partial charge is 0.368 e. The van der Waals surface area contributed by atoms with Crippen molar-refractivity contribution < 1.29 is 18.8 Å². The molecule has 194 valence electrons. The molecule has 4 fully saturated rings. The molecule has 3 aliphatic carbocycles. The number of hydrogen-bond donors (Lipinski definition) is 2. The Bertz CT molecular complexity index is 1050. The summed E-state index contributed by atoms with van der Waals surface area (Å²) in [6.07, 6.45) is 9.99. The molecule has 1 unspecified atom stereocenters. The zero-order chi connectivity index (χ0) is 24.9. The van der Waals surface area contributed by atoms with Crippen LogP contribution in [-0.2, 0) is 16.1 Å². The summed E-state index contributed by atoms with van der Waals surface area (Å²) >= 11 is 0. The topological polar surface area (TPSA) is 81.8 Å². The second kappa shape index (κ2) is 9.43. The molecule has 2 aliphatic heterocycles. The summed E-state index contributed by atoms with van der Waals surface area (Å²) < 4.78 is 14.1. The third-order valence-corrected chi connectivity index (χ3v) is 8.98. The highest BCUT2D eigenvalue weighted by Crippen LogP contribution is 2.41. The van der Waals surface area contributed by atoms with Crippen molar-refractivity contribution in [1.82, 2.24) is 15.5 Å². The fourth-order valence-corrected chi connectivity index (χ4v) is 6.30. The van der Waals surface area contributed by atoms with Gasteiger partial charge in [-0.2, -0.15) is 0 Å². The van der Waals surface area contributed by atoms with Crippen LogP contribution in [0.3, 0.4) is 0 Å². The van der Waals surface area contributed by atoms with Gasteiger partial charge in [-0.05, 0) is 69.4 Å². The summed E-state index contributed by atoms with van der Waals surface area (Å²) in [7, 11) is 0. The van der Waals surface area contributed by atoms with Crippen LogP contribution in [0.2, 0.25) is 0 Å². The fourth-order valence-electron chi connectivity index (χ4n) is 6.30. The van der Waals surface area contributed by atoms with Crippen molar-refractivity contribution in [2.24, 2.45) is 5.92 Å². The van der Waals surface area contributed by atoms with Gasteiger partial charge in [-0.3, -0.25) is 19.7 Å². The van der Waals surface area contributed by atoms with E-state index in [0.717, 1.165) is 55.8 Å². The number of alkyl halides is 1. The number of benzene rings is 1. The molecule has 2 heterocycles. The molecule has 1 aromatic rings. The molecule has 5 aliphatic rings. The summed E-state index contributed by atoms with van der Waals surface area (Å²) in [5, 5.41) is 5.87. The number of rotatable bonds is 9. The van der Waals surface area contributed by atoms with E-state index >= 15 is 0 Å². The van der Waals surface area contributed by atoms with Crippen LogP contribution >= 0.6 is 0 Å². The minimum atomic E-state index is -0.960. The van der Waals surface area contributed by atoms with Crippen LogP contribution in [0.4, 0.5) is 10.1 Å². The van der Waals surface area contributed by atoms with E-state index < -0.39 is 11.7 Å². The first-order valence-corrected chi connectivity index (χ1v) is 13.9. The highest BCUT2D eigenvalue weighted by molar-refractivity contribution is 6.06. The number of amides is 3. The van der Waals surface area contributed by atoms with Gasteiger partial charge in [-0.25, -0.2) is 4.39 Å². The van der Waals surface area contributed by atoms with Gasteiger partial charge in [-0.1, -0.05) is 18.9 Å². The number of nitrogens with zero attached hydrogens (tertiary/aromatic N) is 2. The van der Waals surface area contributed by atoms with Gasteiger partial charge in [0.2, 0.25) is 11.8 Å². The average Bonchev–Trinajstić information content (AvgIpc) is 3.80. The summed E-state index contributed by atoms with van der Waals surface area (Å²) in [6.45, 7) is 1.87. The molecule has 0 bridgehead atoms. The van der Waals surface area contributed by atoms with Gasteiger partial charge in [0.05, 0.1) is 0 Å². The number of anilines is 1. The smallest absolute Gasteiger partial charge is 0.255 e. The van der Waals surface area contributed by atoms with E-state index in [1.54, 1.807) is 4.90 Å². The van der Waals surface area contributed by atoms with Crippen LogP contribution in [0.25, 0.3) is 0 Å². The van der Waals surface area contributed by atoms with Crippen molar-refractivity contribution >= 4 is 23.4 Å². The minimum Gasteiger partial charge on any atom is -0.368 e. The van der Waals surface area contributed by atoms with E-state index in [9.17, 15) is 18.8 Å². The number of imide groups is 1. The van der Waals surface area contributed by atoms with E-state index in [2.05, 4.69) is 21.6 Å². The molecular formula is C28H37FN4O3. The summed E-state index contributed by atoms with van der Waals surface area (Å²) in [5.41, 5.74) is 1.85. The average molecular weight is 497 g/mol. The van der Waals surface area contributed by atoms with E-state index in [0.29, 0.717) is 50.0 Å². The van der Waals surface area contributed by atoms with E-state index in [4.69, 9.17) is 0 Å². The van der Waals surface area contributed by atoms with Crippen molar-refractivity contribution in [2.75, 3.05) is 18.0 Å². The van der Waals surface area contributed by atoms with Crippen LogP contribution in [0.5, 0.6) is 0 Å². The molecule has 1 atom stereocenters. The number of fused-ring (bicyclic) bond motifs is 1. The highest BCUT2D eigenvalue weighted by atomic mass is 19.1. The Balaban J connectivity index is 1.19. The molecule has 7 nitrogen and oxygen atoms in total. The lowest BCUT2D eigenvalue weighted by molar-refractivity contribution is -0.136. The van der Waals surface area contributed by atoms with Gasteiger partial charge in [0.15, 0.2) is 0 Å². The van der Waals surface area contributed by atoms with Gasteiger partial charge in [0, 0.05) is 55.0 Å². The Labute approximate surface area is 212 Å². The fraction of sp³-hybridized carbons (Fsp3) is 0.679. The molecule has 0 aromatic heterocycles. The quantitative estimate of drug-likeness (QED) is 0.512. The van der Waals surface area contributed by atoms with Gasteiger partial charge in [-0.15, -0.1) is 0 Å². The van der Waals surface area contributed by atoms with Gasteiger partial charge >= 0.3 is 0 Å². The number of carbonyl (C=O) groups excluding carboxylic acids is 3. The SMILES string of the molecule is O=C1CCC(N2Cc3c(cccc3N(CCC3CC3)C3CCC(NCC4(F)CC4)CC3)C2=O)C(=O)N1. The molecule has 6 rings (SSSR count). The molecule has 3 amide bonds. The second-order valence-electron chi connectivity index (χ2n) is 11.7. The monoisotopic (exact) mass is 496 g/mol. The minimum absolute atomic E-state index is 0.114. The third kappa shape index (κ3) is 4.89. The lowest BCUT2D eigenvalue weighted by Crippen LogP contribution is -2.52. The van der Waals surface area contributed by atoms with Gasteiger partial charge in [0.25, 0.3) is 5.91 Å². The molecule has 1 saturated heterocycles. The maximum absolute atomic E-state index is 14.1. The molecule has 0 spiro atoms. The first-order chi connectivity index (χ1) is 17.4. The van der Waals surface area contributed by atoms with Crippen LogP contribution in [0.1, 0.15) is 86.6 Å². The van der Waals surface area contributed by atoms with Crippen molar-refractivity contribution in [2.45, 2.75) is 101 Å². The summed E-state index contributed by atoms with van der Waals surface area (Å²) in [4.78, 5) is 41.7. The van der Waals surface area contributed by atoms with E-state index in [1.807, 2.05) is 12.1 Å². The van der Waals surface area contributed by atoms with E-state index in [1.165, 1.54) is 12.8 Å². The van der Waals surface area contributed by atoms with Crippen LogP contribution in [0, 0.1) is 5.92 Å². The molecule has 2 N–H and O–H groups in total. The molecule has 8 heteroatoms. The Morgan fingerprint density at radius 2 is 1.83 bits per heavy atom. The number of hydrogen-bond acceptors (Lipinski definition) is 5. The number of nitrogens with one attached hydrogen (secondary N) is 2. The van der Waals surface area contributed by atoms with Crippen molar-refractivity contribution in [3.05, 3.63) is 29.3 Å². The first kappa shape index (κ1) is 23.9. The maximum atomic E-state index is 14.1. The van der Waals surface area contributed by atoms with Gasteiger partial charge in [0.1, 0.15) is 11.7 Å². The lowest BCUT2D eigenvalue weighted by atomic mass is 9.89. The zero-order valence-corrected chi connectivity index (χ0v) is 20.9. The molecule has 1 aromatic carbocycles. The molecule has 36 heavy (non-hydrogen) atoms. The van der Waals surface area contributed by atoms with Crippen LogP contribution < -0.4 is 15.5 Å². The number of carbonyl (C=O) groups is 3. The highest BCUT2D eigenvalue weighted by Gasteiger charge is 2.44. The predicted molar refractivity (Wildman–Crippen MR) is 134 cm³/mol. The number of piperidine rings is 1. The van der Waals surface area contributed by atoms with Crippen LogP contribution in [0.15, 0.2) is 18.2 Å². The Hall–Kier alpha value is -2.48. The second-order valence-corrected chi connectivity index (χ2v) is 11.7. The molecule has 0 radical (unpaired) electrons. The lowest BCUT2D eigenvalue weighted by Gasteiger charge is -2.40. The Kier molecular flexibility index (Phi) is 6.26. The maximum Gasteiger partial charge on any atom is 0.255 e. The first-order valence-electron chi connectivity index (χ1n) is 13.9. The predicted octanol–water partition coefficient (Wildman–Crippen LogP) is 3.46. The van der Waals surface area contributed by atoms with Gasteiger partial charge < -0.3 is 15.1 Å². The Morgan fingerprint density at radius 1 is 1.06 bits per heavy atom. The van der Waals surface area contributed by atoms with Crippen molar-refractivity contribution in [3.8, 4) is 0 Å². The van der Waals surface area contributed by atoms with E-state index in [-0.39, 0.29) is 24.1 Å². The van der Waals surface area contributed by atoms with Crippen molar-refractivity contribution in [1.29, 1.82) is 0 Å². The molecular weight excluding hydrogens is 459 g/mol. The molecule has 3 saturated carbocycles. The van der Waals surface area contributed by atoms with Crippen molar-refractivity contribution in [3.63, 3.8) is 0 Å². The number of halogens is 1. The standard InChI is InChI=1S/C28H37FN4O3/c29-28(13-14-28)17-30-19-6-8-20(9-7-19)32(15-12-18-4-5-18)23-3-1-2-21-22(23)16-33(27(21)36)24-10-11-25(34)31-26(24)35/h1-3,18-20,24,30H,4-17H2,(H,31,34,35). The Morgan fingerprint density at radius 3 is 2.53 bits per heavy atom. The van der Waals surface area contributed by atoms with Crippen LogP contribution in [-0.4, -0.2) is 59.5 Å². The third-order valence-electron chi connectivity index (χ3n) is 8.98.